The first-order chi connectivity index (χ1) is 12.9. The van der Waals surface area contributed by atoms with Crippen molar-refractivity contribution in [2.24, 2.45) is 0 Å². The molecule has 0 amide bonds. The van der Waals surface area contributed by atoms with E-state index < -0.39 is 67.0 Å². The minimum atomic E-state index is -1.44. The molecule has 2 saturated heterocycles. The maximum Gasteiger partial charge on any atom is 0.330 e. The van der Waals surface area contributed by atoms with E-state index in [0.717, 1.165) is 16.8 Å². The zero-order chi connectivity index (χ0) is 19.7. The van der Waals surface area contributed by atoms with Crippen LogP contribution in [0.25, 0.3) is 0 Å². The molecule has 27 heavy (non-hydrogen) atoms. The molecule has 3 rings (SSSR count). The highest BCUT2D eigenvalue weighted by Crippen LogP contribution is 2.30. The quantitative estimate of drug-likeness (QED) is 0.325. The lowest BCUT2D eigenvalue weighted by molar-refractivity contribution is -0.195. The Kier molecular flexibility index (Phi) is 6.08. The van der Waals surface area contributed by atoms with Crippen LogP contribution in [0.4, 0.5) is 0 Å². The van der Waals surface area contributed by atoms with Crippen molar-refractivity contribution in [1.82, 2.24) is 9.55 Å². The van der Waals surface area contributed by atoms with Gasteiger partial charge in [-0.1, -0.05) is 0 Å². The molecule has 1 unspecified atom stereocenters. The smallest absolute Gasteiger partial charge is 0.330 e. The van der Waals surface area contributed by atoms with Crippen molar-refractivity contribution in [3.8, 4) is 0 Å². The van der Waals surface area contributed by atoms with Crippen LogP contribution in [0.1, 0.15) is 6.23 Å². The van der Waals surface area contributed by atoms with Crippen LogP contribution < -0.4 is 11.2 Å². The number of aromatic nitrogens is 2. The zero-order valence-electron chi connectivity index (χ0n) is 14.4. The standard InChI is InChI=1S/C15H22N2O10/c1-24-12-10(21)6(4-18)27-14(12)25-5-7-9(20)11(22)13(26-7)17-3-2-8(19)16-15(17)23/h2-3,6-7,9-14,18,20-22H,4-5H2,1H3,(H,16,19,23)/t6-,7-,9-,10-,11-,12-,13-,14?/m1/s1. The lowest BCUT2D eigenvalue weighted by Crippen LogP contribution is -2.39. The number of methoxy groups -OCH3 is 1. The fourth-order valence-corrected chi connectivity index (χ4v) is 3.15. The summed E-state index contributed by atoms with van der Waals surface area (Å²) in [6.45, 7) is -0.679. The van der Waals surface area contributed by atoms with E-state index in [1.807, 2.05) is 4.98 Å². The van der Waals surface area contributed by atoms with Gasteiger partial charge in [0.2, 0.25) is 0 Å². The second-order valence-electron chi connectivity index (χ2n) is 6.31. The average molecular weight is 390 g/mol. The molecule has 12 heteroatoms. The SMILES string of the molecule is CO[C@H]1C(OC[C@H]2O[C@@H](n3ccc(=O)[nH]c3=O)[C@H](O)[C@@H]2O)O[C@H](CO)[C@H]1O. The maximum atomic E-state index is 11.9. The summed E-state index contributed by atoms with van der Waals surface area (Å²) < 4.78 is 22.4. The molecule has 0 saturated carbocycles. The highest BCUT2D eigenvalue weighted by atomic mass is 16.7. The number of aliphatic hydroxyl groups excluding tert-OH is 4. The Hall–Kier alpha value is -1.64. The van der Waals surface area contributed by atoms with Gasteiger partial charge in [-0.15, -0.1) is 0 Å². The van der Waals surface area contributed by atoms with Crippen LogP contribution in [0.2, 0.25) is 0 Å². The lowest BCUT2D eigenvalue weighted by atomic mass is 10.1. The topological polar surface area (TPSA) is 173 Å². The van der Waals surface area contributed by atoms with Crippen LogP contribution in [0.15, 0.2) is 21.9 Å². The molecule has 0 aromatic carbocycles. The van der Waals surface area contributed by atoms with E-state index >= 15 is 0 Å². The van der Waals surface area contributed by atoms with Gasteiger partial charge in [0.25, 0.3) is 5.56 Å². The summed E-state index contributed by atoms with van der Waals surface area (Å²) in [5.74, 6) is 0. The van der Waals surface area contributed by atoms with Gasteiger partial charge in [-0.3, -0.25) is 14.3 Å². The van der Waals surface area contributed by atoms with Gasteiger partial charge in [-0.2, -0.15) is 0 Å². The lowest BCUT2D eigenvalue weighted by Gasteiger charge is -2.22. The molecule has 1 aromatic heterocycles. The molecular formula is C15H22N2O10. The maximum absolute atomic E-state index is 11.9. The first-order valence-electron chi connectivity index (χ1n) is 8.29. The molecule has 0 aliphatic carbocycles. The van der Waals surface area contributed by atoms with Crippen LogP contribution in [-0.4, -0.2) is 93.2 Å². The molecule has 0 bridgehead atoms. The number of hydrogen-bond acceptors (Lipinski definition) is 10. The normalized spacial score (nSPS) is 39.1. The number of H-pyrrole nitrogens is 1. The first-order valence-corrected chi connectivity index (χ1v) is 8.29. The summed E-state index contributed by atoms with van der Waals surface area (Å²) >= 11 is 0. The highest BCUT2D eigenvalue weighted by Gasteiger charge is 2.47. The Labute approximate surface area is 152 Å². The number of hydrogen-bond donors (Lipinski definition) is 5. The number of aromatic amines is 1. The minimum Gasteiger partial charge on any atom is -0.394 e. The summed E-state index contributed by atoms with van der Waals surface area (Å²) in [5.41, 5.74) is -1.40. The van der Waals surface area contributed by atoms with E-state index in [9.17, 15) is 30.0 Å². The Bertz CT molecular complexity index is 751. The first kappa shape index (κ1) is 20.1. The van der Waals surface area contributed by atoms with Crippen LogP contribution in [0.5, 0.6) is 0 Å². The molecule has 5 N–H and O–H groups in total. The Balaban J connectivity index is 1.66. The van der Waals surface area contributed by atoms with Crippen molar-refractivity contribution >= 4 is 0 Å². The Morgan fingerprint density at radius 1 is 1.15 bits per heavy atom. The second kappa shape index (κ2) is 8.16. The molecule has 8 atom stereocenters. The summed E-state index contributed by atoms with van der Waals surface area (Å²) in [5, 5.41) is 39.5. The molecule has 2 fully saturated rings. The Morgan fingerprint density at radius 2 is 1.89 bits per heavy atom. The van der Waals surface area contributed by atoms with Gasteiger partial charge in [-0.05, 0) is 0 Å². The molecule has 2 aliphatic heterocycles. The summed E-state index contributed by atoms with van der Waals surface area (Å²) in [7, 11) is 1.34. The average Bonchev–Trinajstić information content (AvgIpc) is 3.10. The molecule has 0 spiro atoms. The van der Waals surface area contributed by atoms with Gasteiger partial charge in [0, 0.05) is 19.4 Å². The van der Waals surface area contributed by atoms with Gasteiger partial charge in [-0.25, -0.2) is 4.79 Å². The molecular weight excluding hydrogens is 368 g/mol. The summed E-state index contributed by atoms with van der Waals surface area (Å²) in [6.07, 6.45) is -7.78. The van der Waals surface area contributed by atoms with Crippen molar-refractivity contribution in [3.05, 3.63) is 33.1 Å². The predicted molar refractivity (Wildman–Crippen MR) is 85.7 cm³/mol. The van der Waals surface area contributed by atoms with Crippen molar-refractivity contribution in [3.63, 3.8) is 0 Å². The van der Waals surface area contributed by atoms with E-state index in [0.29, 0.717) is 0 Å². The van der Waals surface area contributed by atoms with E-state index in [2.05, 4.69) is 0 Å². The molecule has 2 aliphatic rings. The van der Waals surface area contributed by atoms with Crippen LogP contribution in [0, 0.1) is 0 Å². The molecule has 3 heterocycles. The highest BCUT2D eigenvalue weighted by molar-refractivity contribution is 4.94. The van der Waals surface area contributed by atoms with E-state index in [1.54, 1.807) is 0 Å². The van der Waals surface area contributed by atoms with Crippen molar-refractivity contribution in [2.75, 3.05) is 20.3 Å². The minimum absolute atomic E-state index is 0.248. The fraction of sp³-hybridized carbons (Fsp3) is 0.733. The monoisotopic (exact) mass is 390 g/mol. The van der Waals surface area contributed by atoms with Crippen LogP contribution in [-0.2, 0) is 18.9 Å². The summed E-state index contributed by atoms with van der Waals surface area (Å²) in [4.78, 5) is 25.0. The van der Waals surface area contributed by atoms with Crippen molar-refractivity contribution < 1.29 is 39.4 Å². The van der Waals surface area contributed by atoms with Crippen molar-refractivity contribution in [1.29, 1.82) is 0 Å². The predicted octanol–water partition coefficient (Wildman–Crippen LogP) is -3.73. The van der Waals surface area contributed by atoms with Crippen molar-refractivity contribution in [2.45, 2.75) is 49.1 Å². The second-order valence-corrected chi connectivity index (χ2v) is 6.31. The Morgan fingerprint density at radius 3 is 2.52 bits per heavy atom. The van der Waals surface area contributed by atoms with Gasteiger partial charge in [0.1, 0.15) is 36.6 Å². The largest absolute Gasteiger partial charge is 0.394 e. The van der Waals surface area contributed by atoms with E-state index in [1.165, 1.54) is 7.11 Å². The molecule has 12 nitrogen and oxygen atoms in total. The molecule has 1 aromatic rings. The molecule has 0 radical (unpaired) electrons. The third-order valence-electron chi connectivity index (χ3n) is 4.63. The van der Waals surface area contributed by atoms with E-state index in [-0.39, 0.29) is 6.61 Å². The number of aliphatic hydroxyl groups is 4. The zero-order valence-corrected chi connectivity index (χ0v) is 14.4. The van der Waals surface area contributed by atoms with Crippen LogP contribution in [0.3, 0.4) is 0 Å². The van der Waals surface area contributed by atoms with E-state index in [4.69, 9.17) is 18.9 Å². The number of ether oxygens (including phenoxy) is 4. The molecule has 152 valence electrons. The number of nitrogens with one attached hydrogen (secondary N) is 1. The van der Waals surface area contributed by atoms with Gasteiger partial charge in [0.05, 0.1) is 13.2 Å². The third-order valence-corrected chi connectivity index (χ3v) is 4.63. The number of nitrogens with zero attached hydrogens (tertiary/aromatic N) is 1. The van der Waals surface area contributed by atoms with Gasteiger partial charge in [0.15, 0.2) is 12.5 Å². The van der Waals surface area contributed by atoms with Crippen LogP contribution >= 0.6 is 0 Å². The third kappa shape index (κ3) is 3.83. The summed E-state index contributed by atoms with van der Waals surface area (Å²) in [6, 6.07) is 1.08. The number of rotatable bonds is 6. The fourth-order valence-electron chi connectivity index (χ4n) is 3.15. The van der Waals surface area contributed by atoms with Gasteiger partial charge < -0.3 is 39.4 Å². The van der Waals surface area contributed by atoms with Gasteiger partial charge >= 0.3 is 5.69 Å².